The first-order chi connectivity index (χ1) is 19.3. The van der Waals surface area contributed by atoms with Gasteiger partial charge in [0.2, 0.25) is 0 Å². The van der Waals surface area contributed by atoms with Crippen molar-refractivity contribution < 1.29 is 47.6 Å². The summed E-state index contributed by atoms with van der Waals surface area (Å²) < 4.78 is 30.2. The predicted octanol–water partition coefficient (Wildman–Crippen LogP) is 0.474. The molecular formula is C26H42N4O10. The lowest BCUT2D eigenvalue weighted by atomic mass is 10.1. The molecule has 1 rings (SSSR count). The number of amides is 4. The zero-order chi connectivity index (χ0) is 29.6. The minimum Gasteiger partial charge on any atom is -0.462 e. The Morgan fingerprint density at radius 1 is 0.650 bits per heavy atom. The van der Waals surface area contributed by atoms with Crippen molar-refractivity contribution in [3.05, 3.63) is 35.4 Å². The Bertz CT molecular complexity index is 835. The van der Waals surface area contributed by atoms with Gasteiger partial charge in [-0.2, -0.15) is 0 Å². The molecule has 4 N–H and O–H groups in total. The first kappa shape index (κ1) is 34.6. The molecule has 0 saturated heterocycles. The van der Waals surface area contributed by atoms with E-state index in [2.05, 4.69) is 21.3 Å². The summed E-state index contributed by atoms with van der Waals surface area (Å²) >= 11 is 0. The van der Waals surface area contributed by atoms with Crippen molar-refractivity contribution in [2.75, 3.05) is 67.1 Å². The average Bonchev–Trinajstić information content (AvgIpc) is 2.94. The summed E-state index contributed by atoms with van der Waals surface area (Å²) in [4.78, 5) is 48.3. The number of ether oxygens (including phenoxy) is 6. The molecule has 0 spiro atoms. The minimum atomic E-state index is -0.845. The Hall–Kier alpha value is -3.46. The number of benzene rings is 1. The second kappa shape index (κ2) is 21.4. The topological polar surface area (TPSA) is 172 Å². The number of esters is 2. The monoisotopic (exact) mass is 570 g/mol. The van der Waals surface area contributed by atoms with Gasteiger partial charge in [-0.15, -0.1) is 0 Å². The summed E-state index contributed by atoms with van der Waals surface area (Å²) in [5, 5.41) is 10.4. The maximum atomic E-state index is 12.2. The molecule has 14 heteroatoms. The van der Waals surface area contributed by atoms with Gasteiger partial charge in [0.1, 0.15) is 25.3 Å². The SMILES string of the molecule is COCCOCCOC(=O)C(C)NC(=O)NCc1cccc(CNC(=O)NC(C)C(=O)OCCOCCOC)c1. The molecule has 0 aromatic heterocycles. The molecule has 0 heterocycles. The molecule has 0 fully saturated rings. The van der Waals surface area contributed by atoms with Crippen LogP contribution in [-0.4, -0.2) is 103 Å². The Labute approximate surface area is 234 Å². The maximum absolute atomic E-state index is 12.2. The molecule has 2 atom stereocenters. The van der Waals surface area contributed by atoms with Crippen molar-refractivity contribution in [1.82, 2.24) is 21.3 Å². The van der Waals surface area contributed by atoms with Crippen molar-refractivity contribution >= 4 is 24.0 Å². The van der Waals surface area contributed by atoms with Gasteiger partial charge >= 0.3 is 24.0 Å². The van der Waals surface area contributed by atoms with E-state index >= 15 is 0 Å². The van der Waals surface area contributed by atoms with Crippen LogP contribution in [0.4, 0.5) is 9.59 Å². The van der Waals surface area contributed by atoms with Crippen molar-refractivity contribution in [2.24, 2.45) is 0 Å². The lowest BCUT2D eigenvalue weighted by Crippen LogP contribution is -2.45. The van der Waals surface area contributed by atoms with E-state index in [1.54, 1.807) is 20.3 Å². The quantitative estimate of drug-likeness (QED) is 0.128. The van der Waals surface area contributed by atoms with Crippen molar-refractivity contribution in [3.8, 4) is 0 Å². The second-order valence-electron chi connectivity index (χ2n) is 8.46. The van der Waals surface area contributed by atoms with E-state index in [1.807, 2.05) is 18.2 Å². The average molecular weight is 571 g/mol. The summed E-state index contributed by atoms with van der Waals surface area (Å²) in [6.45, 7) is 5.74. The van der Waals surface area contributed by atoms with E-state index in [0.29, 0.717) is 26.4 Å². The third-order valence-electron chi connectivity index (χ3n) is 5.11. The van der Waals surface area contributed by atoms with Crippen LogP contribution in [0, 0.1) is 0 Å². The number of nitrogens with one attached hydrogen (secondary N) is 4. The number of methoxy groups -OCH3 is 2. The van der Waals surface area contributed by atoms with Crippen LogP contribution in [0.3, 0.4) is 0 Å². The molecule has 0 radical (unpaired) electrons. The normalized spacial score (nSPS) is 12.1. The molecule has 0 bridgehead atoms. The molecule has 226 valence electrons. The van der Waals surface area contributed by atoms with Crippen molar-refractivity contribution in [2.45, 2.75) is 39.0 Å². The lowest BCUT2D eigenvalue weighted by molar-refractivity contribution is -0.147. The number of rotatable bonds is 20. The van der Waals surface area contributed by atoms with E-state index in [-0.39, 0.29) is 39.5 Å². The van der Waals surface area contributed by atoms with Crippen LogP contribution in [0.5, 0.6) is 0 Å². The van der Waals surface area contributed by atoms with E-state index in [1.165, 1.54) is 13.8 Å². The van der Waals surface area contributed by atoms with E-state index in [9.17, 15) is 19.2 Å². The van der Waals surface area contributed by atoms with Crippen LogP contribution in [-0.2, 0) is 51.1 Å². The lowest BCUT2D eigenvalue weighted by Gasteiger charge is -2.15. The molecule has 0 saturated carbocycles. The number of hydrogen-bond donors (Lipinski definition) is 4. The summed E-state index contributed by atoms with van der Waals surface area (Å²) in [5.41, 5.74) is 1.56. The van der Waals surface area contributed by atoms with Crippen LogP contribution in [0.1, 0.15) is 25.0 Å². The summed E-state index contributed by atoms with van der Waals surface area (Å²) in [6, 6.07) is 4.45. The van der Waals surface area contributed by atoms with Crippen LogP contribution in [0.15, 0.2) is 24.3 Å². The Kier molecular flexibility index (Phi) is 18.5. The van der Waals surface area contributed by atoms with Gasteiger partial charge in [-0.1, -0.05) is 24.3 Å². The Balaban J connectivity index is 2.31. The number of carbonyl (C=O) groups excluding carboxylic acids is 4. The van der Waals surface area contributed by atoms with Crippen LogP contribution >= 0.6 is 0 Å². The molecule has 0 aliphatic rings. The van der Waals surface area contributed by atoms with Gasteiger partial charge in [0, 0.05) is 27.3 Å². The van der Waals surface area contributed by atoms with Gasteiger partial charge in [-0.05, 0) is 25.0 Å². The van der Waals surface area contributed by atoms with E-state index in [4.69, 9.17) is 28.4 Å². The zero-order valence-corrected chi connectivity index (χ0v) is 23.6. The highest BCUT2D eigenvalue weighted by atomic mass is 16.6. The third-order valence-corrected chi connectivity index (χ3v) is 5.11. The van der Waals surface area contributed by atoms with Gasteiger partial charge < -0.3 is 49.7 Å². The largest absolute Gasteiger partial charge is 0.462 e. The van der Waals surface area contributed by atoms with Gasteiger partial charge in [-0.25, -0.2) is 19.2 Å². The molecule has 0 aliphatic heterocycles. The highest BCUT2D eigenvalue weighted by Crippen LogP contribution is 2.05. The maximum Gasteiger partial charge on any atom is 0.328 e. The minimum absolute atomic E-state index is 0.0726. The smallest absolute Gasteiger partial charge is 0.328 e. The van der Waals surface area contributed by atoms with Gasteiger partial charge in [0.15, 0.2) is 0 Å². The van der Waals surface area contributed by atoms with Crippen LogP contribution in [0.25, 0.3) is 0 Å². The summed E-state index contributed by atoms with van der Waals surface area (Å²) in [7, 11) is 3.12. The Morgan fingerprint density at radius 3 is 1.45 bits per heavy atom. The fourth-order valence-corrected chi connectivity index (χ4v) is 2.97. The number of carbonyl (C=O) groups is 4. The summed E-state index contributed by atoms with van der Waals surface area (Å²) in [6.07, 6.45) is 0. The molecule has 1 aromatic rings. The predicted molar refractivity (Wildman–Crippen MR) is 143 cm³/mol. The Morgan fingerprint density at radius 2 is 1.05 bits per heavy atom. The van der Waals surface area contributed by atoms with Gasteiger partial charge in [0.25, 0.3) is 0 Å². The zero-order valence-electron chi connectivity index (χ0n) is 23.6. The standard InChI is InChI=1S/C26H42N4O10/c1-19(23(31)39-14-12-37-10-8-35-3)29-25(33)27-17-21-6-5-7-22(16-21)18-28-26(34)30-20(2)24(32)40-15-13-38-11-9-36-4/h5-7,16,19-20H,8-15,17-18H2,1-4H3,(H2,27,29,33)(H2,28,30,34). The molecule has 14 nitrogen and oxygen atoms in total. The molecule has 1 aromatic carbocycles. The molecule has 2 unspecified atom stereocenters. The molecular weight excluding hydrogens is 528 g/mol. The summed E-state index contributed by atoms with van der Waals surface area (Å²) in [5.74, 6) is -1.15. The first-order valence-corrected chi connectivity index (χ1v) is 12.9. The van der Waals surface area contributed by atoms with Crippen LogP contribution < -0.4 is 21.3 Å². The highest BCUT2D eigenvalue weighted by molar-refractivity contribution is 5.83. The molecule has 40 heavy (non-hydrogen) atoms. The number of hydrogen-bond acceptors (Lipinski definition) is 10. The van der Waals surface area contributed by atoms with Crippen molar-refractivity contribution in [1.29, 1.82) is 0 Å². The van der Waals surface area contributed by atoms with E-state index in [0.717, 1.165) is 11.1 Å². The molecule has 4 amide bonds. The number of urea groups is 2. The first-order valence-electron chi connectivity index (χ1n) is 12.9. The van der Waals surface area contributed by atoms with Gasteiger partial charge in [0.05, 0.1) is 39.6 Å². The second-order valence-corrected chi connectivity index (χ2v) is 8.46. The fraction of sp³-hybridized carbons (Fsp3) is 0.615. The van der Waals surface area contributed by atoms with Gasteiger partial charge in [-0.3, -0.25) is 0 Å². The van der Waals surface area contributed by atoms with Crippen LogP contribution in [0.2, 0.25) is 0 Å². The van der Waals surface area contributed by atoms with Crippen molar-refractivity contribution in [3.63, 3.8) is 0 Å². The third kappa shape index (κ3) is 16.5. The highest BCUT2D eigenvalue weighted by Gasteiger charge is 2.18. The molecule has 0 aliphatic carbocycles. The van der Waals surface area contributed by atoms with E-state index < -0.39 is 36.1 Å². The fourth-order valence-electron chi connectivity index (χ4n) is 2.97.